The molecule has 3 rings (SSSR count). The summed E-state index contributed by atoms with van der Waals surface area (Å²) in [6.07, 6.45) is 6.02. The maximum Gasteiger partial charge on any atom is 0.226 e. The molecule has 1 amide bonds. The summed E-state index contributed by atoms with van der Waals surface area (Å²) in [6.45, 7) is 0. The number of carbonyl (C=O) groups is 1. The summed E-state index contributed by atoms with van der Waals surface area (Å²) in [5, 5.41) is 0. The standard InChI is InChI=1S/C18H18F2N2O/c1-22(18(23)12-4-2-5-12)17(13-6-3-9-21-11-13)15-8-7-14(19)10-16(15)20/h3,6-12,17H,2,4-5H2,1H3. The van der Waals surface area contributed by atoms with Crippen LogP contribution in [0, 0.1) is 17.6 Å². The van der Waals surface area contributed by atoms with Crippen LogP contribution in [-0.2, 0) is 4.79 Å². The molecule has 1 atom stereocenters. The topological polar surface area (TPSA) is 33.2 Å². The summed E-state index contributed by atoms with van der Waals surface area (Å²) in [7, 11) is 1.67. The van der Waals surface area contributed by atoms with Gasteiger partial charge in [-0.3, -0.25) is 9.78 Å². The van der Waals surface area contributed by atoms with Gasteiger partial charge < -0.3 is 4.90 Å². The largest absolute Gasteiger partial charge is 0.334 e. The predicted octanol–water partition coefficient (Wildman–Crippen LogP) is 3.71. The molecule has 0 bridgehead atoms. The third-order valence-electron chi connectivity index (χ3n) is 4.45. The first-order valence-electron chi connectivity index (χ1n) is 7.69. The number of halogens is 2. The van der Waals surface area contributed by atoms with Crippen molar-refractivity contribution in [3.63, 3.8) is 0 Å². The highest BCUT2D eigenvalue weighted by Gasteiger charge is 2.33. The number of amides is 1. The van der Waals surface area contributed by atoms with E-state index < -0.39 is 17.7 Å². The van der Waals surface area contributed by atoms with Crippen LogP contribution in [0.1, 0.15) is 36.4 Å². The zero-order valence-electron chi connectivity index (χ0n) is 12.9. The molecule has 120 valence electrons. The average Bonchev–Trinajstić information content (AvgIpc) is 2.49. The molecule has 2 aromatic rings. The molecular weight excluding hydrogens is 298 g/mol. The van der Waals surface area contributed by atoms with Gasteiger partial charge in [0.05, 0.1) is 6.04 Å². The Morgan fingerprint density at radius 2 is 2.09 bits per heavy atom. The van der Waals surface area contributed by atoms with Crippen LogP contribution in [0.4, 0.5) is 8.78 Å². The number of carbonyl (C=O) groups excluding carboxylic acids is 1. The van der Waals surface area contributed by atoms with Crippen molar-refractivity contribution in [3.05, 3.63) is 65.5 Å². The van der Waals surface area contributed by atoms with Crippen molar-refractivity contribution in [2.45, 2.75) is 25.3 Å². The first kappa shape index (κ1) is 15.6. The van der Waals surface area contributed by atoms with Gasteiger partial charge in [0.25, 0.3) is 0 Å². The Morgan fingerprint density at radius 1 is 1.30 bits per heavy atom. The molecule has 0 aliphatic heterocycles. The second-order valence-corrected chi connectivity index (χ2v) is 5.93. The maximum absolute atomic E-state index is 14.3. The van der Waals surface area contributed by atoms with Crippen LogP contribution in [0.5, 0.6) is 0 Å². The van der Waals surface area contributed by atoms with E-state index in [9.17, 15) is 13.6 Å². The van der Waals surface area contributed by atoms with E-state index in [0.29, 0.717) is 5.56 Å². The van der Waals surface area contributed by atoms with Crippen LogP contribution in [0.3, 0.4) is 0 Å². The van der Waals surface area contributed by atoms with Crippen LogP contribution < -0.4 is 0 Å². The monoisotopic (exact) mass is 316 g/mol. The van der Waals surface area contributed by atoms with Gasteiger partial charge in [0.1, 0.15) is 11.6 Å². The van der Waals surface area contributed by atoms with Gasteiger partial charge in [-0.15, -0.1) is 0 Å². The molecule has 1 aromatic carbocycles. The number of hydrogen-bond donors (Lipinski definition) is 0. The van der Waals surface area contributed by atoms with Crippen molar-refractivity contribution in [2.24, 2.45) is 5.92 Å². The van der Waals surface area contributed by atoms with Gasteiger partial charge in [-0.1, -0.05) is 18.6 Å². The molecular formula is C18H18F2N2O. The van der Waals surface area contributed by atoms with Crippen LogP contribution in [-0.4, -0.2) is 22.8 Å². The fourth-order valence-corrected chi connectivity index (χ4v) is 2.94. The lowest BCUT2D eigenvalue weighted by molar-refractivity contribution is -0.138. The molecule has 0 radical (unpaired) electrons. The number of rotatable bonds is 4. The van der Waals surface area contributed by atoms with Gasteiger partial charge in [-0.2, -0.15) is 0 Å². The normalized spacial score (nSPS) is 15.8. The molecule has 1 fully saturated rings. The summed E-state index contributed by atoms with van der Waals surface area (Å²) >= 11 is 0. The van der Waals surface area contributed by atoms with Crippen molar-refractivity contribution in [3.8, 4) is 0 Å². The molecule has 1 aliphatic rings. The Hall–Kier alpha value is -2.30. The Bertz CT molecular complexity index is 701. The molecule has 1 heterocycles. The van der Waals surface area contributed by atoms with E-state index in [1.54, 1.807) is 36.5 Å². The van der Waals surface area contributed by atoms with Gasteiger partial charge in [0.2, 0.25) is 5.91 Å². The molecule has 1 saturated carbocycles. The summed E-state index contributed by atoms with van der Waals surface area (Å²) in [6, 6.07) is 6.38. The van der Waals surface area contributed by atoms with Crippen molar-refractivity contribution in [2.75, 3.05) is 7.05 Å². The smallest absolute Gasteiger partial charge is 0.226 e. The molecule has 1 unspecified atom stereocenters. The Morgan fingerprint density at radius 3 is 2.65 bits per heavy atom. The summed E-state index contributed by atoms with van der Waals surface area (Å²) < 4.78 is 27.5. The second kappa shape index (κ2) is 6.44. The zero-order chi connectivity index (χ0) is 16.4. The maximum atomic E-state index is 14.3. The minimum atomic E-state index is -0.660. The van der Waals surface area contributed by atoms with E-state index in [4.69, 9.17) is 0 Å². The van der Waals surface area contributed by atoms with E-state index >= 15 is 0 Å². The number of aromatic nitrogens is 1. The minimum Gasteiger partial charge on any atom is -0.334 e. The molecule has 0 N–H and O–H groups in total. The van der Waals surface area contributed by atoms with Crippen molar-refractivity contribution in [1.82, 2.24) is 9.88 Å². The molecule has 0 spiro atoms. The van der Waals surface area contributed by atoms with Crippen molar-refractivity contribution >= 4 is 5.91 Å². The lowest BCUT2D eigenvalue weighted by Crippen LogP contribution is -2.39. The van der Waals surface area contributed by atoms with Gasteiger partial charge in [0.15, 0.2) is 0 Å². The molecule has 1 aliphatic carbocycles. The van der Waals surface area contributed by atoms with E-state index in [1.165, 1.54) is 12.1 Å². The number of pyridine rings is 1. The highest BCUT2D eigenvalue weighted by molar-refractivity contribution is 5.80. The molecule has 0 saturated heterocycles. The van der Waals surface area contributed by atoms with Crippen molar-refractivity contribution in [1.29, 1.82) is 0 Å². The summed E-state index contributed by atoms with van der Waals surface area (Å²) in [4.78, 5) is 18.2. The zero-order valence-corrected chi connectivity index (χ0v) is 12.9. The van der Waals surface area contributed by atoms with Crippen LogP contribution in [0.15, 0.2) is 42.7 Å². The fraction of sp³-hybridized carbons (Fsp3) is 0.333. The quantitative estimate of drug-likeness (QED) is 0.861. The first-order valence-corrected chi connectivity index (χ1v) is 7.69. The van der Waals surface area contributed by atoms with Crippen molar-refractivity contribution < 1.29 is 13.6 Å². The Labute approximate surface area is 134 Å². The van der Waals surface area contributed by atoms with Gasteiger partial charge in [-0.25, -0.2) is 8.78 Å². The average molecular weight is 316 g/mol. The number of hydrogen-bond acceptors (Lipinski definition) is 2. The molecule has 1 aromatic heterocycles. The van der Waals surface area contributed by atoms with Gasteiger partial charge in [-0.05, 0) is 30.5 Å². The van der Waals surface area contributed by atoms with E-state index in [1.807, 2.05) is 0 Å². The van der Waals surface area contributed by atoms with Crippen LogP contribution in [0.2, 0.25) is 0 Å². The van der Waals surface area contributed by atoms with Crippen LogP contribution in [0.25, 0.3) is 0 Å². The summed E-state index contributed by atoms with van der Waals surface area (Å²) in [5.74, 6) is -1.30. The highest BCUT2D eigenvalue weighted by Crippen LogP contribution is 2.34. The third-order valence-corrected chi connectivity index (χ3v) is 4.45. The lowest BCUT2D eigenvalue weighted by atomic mass is 9.83. The predicted molar refractivity (Wildman–Crippen MR) is 82.5 cm³/mol. The number of nitrogens with zero attached hydrogens (tertiary/aromatic N) is 2. The number of benzene rings is 1. The minimum absolute atomic E-state index is 0.00248. The van der Waals surface area contributed by atoms with Crippen LogP contribution >= 0.6 is 0 Å². The van der Waals surface area contributed by atoms with Gasteiger partial charge in [0, 0.05) is 37.0 Å². The summed E-state index contributed by atoms with van der Waals surface area (Å²) in [5.41, 5.74) is 0.975. The van der Waals surface area contributed by atoms with E-state index in [2.05, 4.69) is 4.98 Å². The second-order valence-electron chi connectivity index (χ2n) is 5.93. The highest BCUT2D eigenvalue weighted by atomic mass is 19.1. The molecule has 23 heavy (non-hydrogen) atoms. The molecule has 3 nitrogen and oxygen atoms in total. The lowest BCUT2D eigenvalue weighted by Gasteiger charge is -2.35. The third kappa shape index (κ3) is 3.09. The first-order chi connectivity index (χ1) is 11.1. The fourth-order valence-electron chi connectivity index (χ4n) is 2.94. The Kier molecular flexibility index (Phi) is 4.37. The SMILES string of the molecule is CN(C(=O)C1CCC1)C(c1cccnc1)c1ccc(F)cc1F. The van der Waals surface area contributed by atoms with E-state index in [-0.39, 0.29) is 17.4 Å². The van der Waals surface area contributed by atoms with Gasteiger partial charge >= 0.3 is 0 Å². The Balaban J connectivity index is 2.01. The molecule has 5 heteroatoms. The van der Waals surface area contributed by atoms with E-state index in [0.717, 1.165) is 25.3 Å².